The number of hydrogen-bond donors (Lipinski definition) is 1. The van der Waals surface area contributed by atoms with Crippen molar-refractivity contribution < 1.29 is 9.63 Å². The molecule has 0 bridgehead atoms. The summed E-state index contributed by atoms with van der Waals surface area (Å²) in [5.41, 5.74) is 4.03. The maximum absolute atomic E-state index is 11.8. The molecule has 1 aromatic carbocycles. The summed E-state index contributed by atoms with van der Waals surface area (Å²) < 4.78 is 0.960. The van der Waals surface area contributed by atoms with Crippen molar-refractivity contribution in [2.45, 2.75) is 27.7 Å². The van der Waals surface area contributed by atoms with E-state index in [0.717, 1.165) is 10.0 Å². The highest BCUT2D eigenvalue weighted by molar-refractivity contribution is 9.10. The quantitative estimate of drug-likeness (QED) is 0.868. The van der Waals surface area contributed by atoms with Crippen LogP contribution in [0.1, 0.15) is 36.7 Å². The molecule has 0 radical (unpaired) electrons. The predicted molar refractivity (Wildman–Crippen MR) is 71.8 cm³/mol. The molecule has 1 N–H and O–H groups in total. The Morgan fingerprint density at radius 2 is 2.06 bits per heavy atom. The molecule has 0 heterocycles. The Balaban J connectivity index is 2.59. The summed E-state index contributed by atoms with van der Waals surface area (Å²) >= 11 is 3.36. The number of benzene rings is 1. The lowest BCUT2D eigenvalue weighted by atomic mass is 9.99. The first-order valence-corrected chi connectivity index (χ1v) is 6.27. The number of amides is 1. The van der Waals surface area contributed by atoms with Gasteiger partial charge in [0.15, 0.2) is 0 Å². The monoisotopic (exact) mass is 299 g/mol. The Morgan fingerprint density at radius 3 is 2.59 bits per heavy atom. The Morgan fingerprint density at radius 1 is 1.41 bits per heavy atom. The molecule has 94 valence electrons. The number of aryl methyl sites for hydroxylation is 1. The molecule has 0 saturated carbocycles. The van der Waals surface area contributed by atoms with Crippen LogP contribution in [-0.2, 0) is 4.84 Å². The second-order valence-corrected chi connectivity index (χ2v) is 6.16. The molecule has 0 unspecified atom stereocenters. The standard InChI is InChI=1S/C13H18BrNO2/c1-9-7-10(14)5-6-11(9)12(16)15-17-8-13(2,3)4/h5-7H,8H2,1-4H3,(H,15,16). The topological polar surface area (TPSA) is 38.3 Å². The zero-order valence-electron chi connectivity index (χ0n) is 10.6. The highest BCUT2D eigenvalue weighted by Gasteiger charge is 2.13. The smallest absolute Gasteiger partial charge is 0.273 e. The molecule has 0 aliphatic rings. The van der Waals surface area contributed by atoms with Crippen LogP contribution in [-0.4, -0.2) is 12.5 Å². The Hall–Kier alpha value is -0.870. The lowest BCUT2D eigenvalue weighted by Crippen LogP contribution is -2.28. The lowest BCUT2D eigenvalue weighted by molar-refractivity contribution is 0.00161. The summed E-state index contributed by atoms with van der Waals surface area (Å²) in [4.78, 5) is 17.0. The summed E-state index contributed by atoms with van der Waals surface area (Å²) in [6, 6.07) is 5.51. The summed E-state index contributed by atoms with van der Waals surface area (Å²) in [6.45, 7) is 8.51. The minimum absolute atomic E-state index is 0.0298. The van der Waals surface area contributed by atoms with Gasteiger partial charge in [-0.1, -0.05) is 36.7 Å². The number of hydroxylamine groups is 1. The van der Waals surface area contributed by atoms with E-state index in [0.29, 0.717) is 12.2 Å². The van der Waals surface area contributed by atoms with Gasteiger partial charge in [-0.05, 0) is 36.1 Å². The molecule has 0 fully saturated rings. The molecular weight excluding hydrogens is 282 g/mol. The van der Waals surface area contributed by atoms with E-state index in [9.17, 15) is 4.79 Å². The van der Waals surface area contributed by atoms with Gasteiger partial charge in [-0.15, -0.1) is 0 Å². The van der Waals surface area contributed by atoms with E-state index in [4.69, 9.17) is 4.84 Å². The minimum atomic E-state index is -0.209. The third-order valence-corrected chi connectivity index (χ3v) is 2.60. The average molecular weight is 300 g/mol. The molecule has 1 rings (SSSR count). The first-order chi connectivity index (χ1) is 7.79. The molecule has 0 atom stereocenters. The lowest BCUT2D eigenvalue weighted by Gasteiger charge is -2.17. The first kappa shape index (κ1) is 14.2. The molecule has 4 heteroatoms. The number of nitrogens with one attached hydrogen (secondary N) is 1. The molecule has 0 aliphatic heterocycles. The molecule has 0 saturated heterocycles. The van der Waals surface area contributed by atoms with E-state index in [1.807, 2.05) is 39.8 Å². The maximum Gasteiger partial charge on any atom is 0.275 e. The van der Waals surface area contributed by atoms with Crippen LogP contribution in [0.4, 0.5) is 0 Å². The van der Waals surface area contributed by atoms with Crippen molar-refractivity contribution in [3.8, 4) is 0 Å². The third kappa shape index (κ3) is 4.88. The maximum atomic E-state index is 11.8. The van der Waals surface area contributed by atoms with Gasteiger partial charge in [0, 0.05) is 10.0 Å². The van der Waals surface area contributed by atoms with Crippen LogP contribution < -0.4 is 5.48 Å². The van der Waals surface area contributed by atoms with Crippen molar-refractivity contribution in [1.82, 2.24) is 5.48 Å². The normalized spacial score (nSPS) is 11.4. The molecular formula is C13H18BrNO2. The van der Waals surface area contributed by atoms with E-state index >= 15 is 0 Å². The Labute approximate surface area is 111 Å². The van der Waals surface area contributed by atoms with Crippen LogP contribution in [0.5, 0.6) is 0 Å². The summed E-state index contributed by atoms with van der Waals surface area (Å²) in [6.07, 6.45) is 0. The SMILES string of the molecule is Cc1cc(Br)ccc1C(=O)NOCC(C)(C)C. The fraction of sp³-hybridized carbons (Fsp3) is 0.462. The minimum Gasteiger partial charge on any atom is -0.273 e. The van der Waals surface area contributed by atoms with Crippen LogP contribution >= 0.6 is 15.9 Å². The number of rotatable bonds is 3. The second-order valence-electron chi connectivity index (χ2n) is 5.24. The number of halogens is 1. The summed E-state index contributed by atoms with van der Waals surface area (Å²) in [5.74, 6) is -0.209. The van der Waals surface area contributed by atoms with Crippen molar-refractivity contribution in [3.63, 3.8) is 0 Å². The second kappa shape index (κ2) is 5.65. The van der Waals surface area contributed by atoms with Gasteiger partial charge in [0.1, 0.15) is 0 Å². The van der Waals surface area contributed by atoms with Gasteiger partial charge in [-0.25, -0.2) is 5.48 Å². The molecule has 17 heavy (non-hydrogen) atoms. The van der Waals surface area contributed by atoms with Crippen molar-refractivity contribution in [2.24, 2.45) is 5.41 Å². The summed E-state index contributed by atoms with van der Waals surface area (Å²) in [5, 5.41) is 0. The fourth-order valence-electron chi connectivity index (χ4n) is 1.25. The predicted octanol–water partition coefficient (Wildman–Crippen LogP) is 3.47. The van der Waals surface area contributed by atoms with Crippen molar-refractivity contribution >= 4 is 21.8 Å². The van der Waals surface area contributed by atoms with Crippen LogP contribution in [0, 0.1) is 12.3 Å². The van der Waals surface area contributed by atoms with Crippen LogP contribution in [0.25, 0.3) is 0 Å². The molecule has 0 aliphatic carbocycles. The van der Waals surface area contributed by atoms with Crippen LogP contribution in [0.3, 0.4) is 0 Å². The highest BCUT2D eigenvalue weighted by Crippen LogP contribution is 2.16. The first-order valence-electron chi connectivity index (χ1n) is 5.48. The van der Waals surface area contributed by atoms with Crippen LogP contribution in [0.2, 0.25) is 0 Å². The largest absolute Gasteiger partial charge is 0.275 e. The van der Waals surface area contributed by atoms with Crippen molar-refractivity contribution in [2.75, 3.05) is 6.61 Å². The number of carbonyl (C=O) groups excluding carboxylic acids is 1. The Kier molecular flexibility index (Phi) is 4.71. The number of hydrogen-bond acceptors (Lipinski definition) is 2. The third-order valence-electron chi connectivity index (χ3n) is 2.10. The zero-order chi connectivity index (χ0) is 13.1. The van der Waals surface area contributed by atoms with E-state index in [-0.39, 0.29) is 11.3 Å². The number of carbonyl (C=O) groups is 1. The average Bonchev–Trinajstić information content (AvgIpc) is 2.15. The fourth-order valence-corrected chi connectivity index (χ4v) is 1.73. The molecule has 1 aromatic rings. The van der Waals surface area contributed by atoms with Crippen molar-refractivity contribution in [3.05, 3.63) is 33.8 Å². The van der Waals surface area contributed by atoms with Gasteiger partial charge in [0.2, 0.25) is 0 Å². The molecule has 3 nitrogen and oxygen atoms in total. The van der Waals surface area contributed by atoms with E-state index in [1.165, 1.54) is 0 Å². The molecule has 1 amide bonds. The Bertz CT molecular complexity index is 410. The molecule has 0 aromatic heterocycles. The summed E-state index contributed by atoms with van der Waals surface area (Å²) in [7, 11) is 0. The van der Waals surface area contributed by atoms with Gasteiger partial charge in [0.25, 0.3) is 5.91 Å². The van der Waals surface area contributed by atoms with Crippen molar-refractivity contribution in [1.29, 1.82) is 0 Å². The molecule has 0 spiro atoms. The highest BCUT2D eigenvalue weighted by atomic mass is 79.9. The van der Waals surface area contributed by atoms with Gasteiger partial charge in [-0.2, -0.15) is 0 Å². The van der Waals surface area contributed by atoms with Gasteiger partial charge in [0.05, 0.1) is 6.61 Å². The van der Waals surface area contributed by atoms with E-state index < -0.39 is 0 Å². The van der Waals surface area contributed by atoms with Gasteiger partial charge < -0.3 is 0 Å². The van der Waals surface area contributed by atoms with Gasteiger partial charge >= 0.3 is 0 Å². The van der Waals surface area contributed by atoms with E-state index in [2.05, 4.69) is 21.4 Å². The zero-order valence-corrected chi connectivity index (χ0v) is 12.2. The van der Waals surface area contributed by atoms with Gasteiger partial charge in [-0.3, -0.25) is 9.63 Å². The van der Waals surface area contributed by atoms with E-state index in [1.54, 1.807) is 6.07 Å². The van der Waals surface area contributed by atoms with Crippen LogP contribution in [0.15, 0.2) is 22.7 Å².